The fourth-order valence-corrected chi connectivity index (χ4v) is 3.17. The summed E-state index contributed by atoms with van der Waals surface area (Å²) in [6.45, 7) is 0. The molecule has 0 saturated carbocycles. The summed E-state index contributed by atoms with van der Waals surface area (Å²) >= 11 is 5.95. The maximum Gasteiger partial charge on any atom is 0.337 e. The molecule has 1 saturated heterocycles. The predicted molar refractivity (Wildman–Crippen MR) is 80.4 cm³/mol. The topological polar surface area (TPSA) is 140 Å². The Bertz CT molecular complexity index is 860. The van der Waals surface area contributed by atoms with Gasteiger partial charge in [-0.05, 0) is 0 Å². The lowest BCUT2D eigenvalue weighted by molar-refractivity contribution is -0.0750. The first-order valence-corrected chi connectivity index (χ1v) is 8.43. The number of hydrogen-bond acceptors (Lipinski definition) is 8. The molecule has 3 heterocycles. The molecule has 2 N–H and O–H groups in total. The molecule has 0 radical (unpaired) electrons. The minimum Gasteiger partial charge on any atom is -0.386 e. The molecule has 1 aliphatic rings. The number of rotatable bonds is 4. The zero-order valence-electron chi connectivity index (χ0n) is 12.5. The van der Waals surface area contributed by atoms with Crippen LogP contribution in [-0.2, 0) is 19.8 Å². The fraction of sp³-hybridized carbons (Fsp3) is 0.545. The minimum atomic E-state index is -4.57. The second-order valence-corrected chi connectivity index (χ2v) is 6.92. The first kappa shape index (κ1) is 17.4. The van der Waals surface area contributed by atoms with Gasteiger partial charge in [0.2, 0.25) is 0 Å². The smallest absolute Gasteiger partial charge is 0.337 e. The van der Waals surface area contributed by atoms with Crippen LogP contribution in [0.5, 0.6) is 0 Å². The van der Waals surface area contributed by atoms with Crippen LogP contribution in [0.4, 0.5) is 0 Å². The number of ether oxygens (including phenoxy) is 2. The number of halogens is 1. The first-order valence-electron chi connectivity index (χ1n) is 6.65. The van der Waals surface area contributed by atoms with Gasteiger partial charge in [-0.15, -0.1) is 0 Å². The van der Waals surface area contributed by atoms with Crippen molar-refractivity contribution in [3.05, 3.63) is 17.8 Å². The summed E-state index contributed by atoms with van der Waals surface area (Å²) in [5.74, 6) is 0. The Labute approximate surface area is 141 Å². The number of fused-ring (bicyclic) bond motifs is 1. The molecule has 2 aromatic rings. The van der Waals surface area contributed by atoms with Crippen LogP contribution in [-0.4, -0.2) is 74.5 Å². The summed E-state index contributed by atoms with van der Waals surface area (Å²) in [5.41, 5.74) is 0.642. The van der Waals surface area contributed by atoms with E-state index in [1.54, 1.807) is 0 Å². The molecule has 3 rings (SSSR count). The Balaban J connectivity index is 2.02. The van der Waals surface area contributed by atoms with E-state index in [0.717, 1.165) is 7.05 Å². The zero-order chi connectivity index (χ0) is 17.6. The summed E-state index contributed by atoms with van der Waals surface area (Å²) in [7, 11) is -2.16. The largest absolute Gasteiger partial charge is 0.386 e. The molecule has 0 amide bonds. The number of likely N-dealkylation sites (N-methyl/N-ethyl adjacent to an activating group) is 1. The van der Waals surface area contributed by atoms with Crippen LogP contribution >= 0.6 is 11.6 Å². The molecular formula is C11H14ClN5O6S. The van der Waals surface area contributed by atoms with E-state index in [9.17, 15) is 13.5 Å². The van der Waals surface area contributed by atoms with Gasteiger partial charge in [-0.2, -0.15) is 12.7 Å². The van der Waals surface area contributed by atoms with Gasteiger partial charge in [-0.1, -0.05) is 11.6 Å². The van der Waals surface area contributed by atoms with E-state index in [0.29, 0.717) is 15.5 Å². The van der Waals surface area contributed by atoms with Gasteiger partial charge in [-0.25, -0.2) is 15.0 Å². The highest BCUT2D eigenvalue weighted by molar-refractivity contribution is 7.83. The molecule has 0 unspecified atom stereocenters. The average molecular weight is 380 g/mol. The van der Waals surface area contributed by atoms with Gasteiger partial charge < -0.3 is 14.6 Å². The molecule has 0 aromatic carbocycles. The second kappa shape index (κ2) is 6.15. The van der Waals surface area contributed by atoms with Crippen LogP contribution in [0.25, 0.3) is 11.2 Å². The molecular weight excluding hydrogens is 366 g/mol. The molecule has 24 heavy (non-hydrogen) atoms. The van der Waals surface area contributed by atoms with Gasteiger partial charge in [0.05, 0.1) is 6.33 Å². The van der Waals surface area contributed by atoms with Crippen molar-refractivity contribution in [1.82, 2.24) is 23.8 Å². The van der Waals surface area contributed by atoms with Crippen molar-refractivity contribution in [2.24, 2.45) is 0 Å². The van der Waals surface area contributed by atoms with E-state index in [1.165, 1.54) is 24.3 Å². The van der Waals surface area contributed by atoms with Crippen molar-refractivity contribution < 1.29 is 27.6 Å². The normalized spacial score (nSPS) is 28.1. The van der Waals surface area contributed by atoms with Crippen molar-refractivity contribution >= 4 is 33.1 Å². The molecule has 132 valence electrons. The van der Waals surface area contributed by atoms with E-state index < -0.39 is 35.0 Å². The summed E-state index contributed by atoms with van der Waals surface area (Å²) < 4.78 is 44.5. The third kappa shape index (κ3) is 2.75. The number of aliphatic hydroxyl groups is 1. The molecule has 13 heteroatoms. The molecule has 4 atom stereocenters. The summed E-state index contributed by atoms with van der Waals surface area (Å²) in [4.78, 5) is 12.0. The summed E-state index contributed by atoms with van der Waals surface area (Å²) in [5, 5.41) is 10.5. The van der Waals surface area contributed by atoms with Crippen LogP contribution in [0, 0.1) is 0 Å². The quantitative estimate of drug-likeness (QED) is 0.528. The second-order valence-electron chi connectivity index (χ2n) is 5.09. The van der Waals surface area contributed by atoms with Crippen molar-refractivity contribution in [3.8, 4) is 0 Å². The van der Waals surface area contributed by atoms with E-state index in [2.05, 4.69) is 15.0 Å². The molecule has 2 aromatic heterocycles. The molecule has 1 fully saturated rings. The maximum atomic E-state index is 11.3. The average Bonchev–Trinajstić information content (AvgIpc) is 3.07. The third-order valence-electron chi connectivity index (χ3n) is 3.77. The lowest BCUT2D eigenvalue weighted by atomic mass is 10.2. The predicted octanol–water partition coefficient (Wildman–Crippen LogP) is -0.555. The maximum absolute atomic E-state index is 11.3. The van der Waals surface area contributed by atoms with E-state index in [-0.39, 0.29) is 5.15 Å². The Morgan fingerprint density at radius 2 is 2.12 bits per heavy atom. The zero-order valence-corrected chi connectivity index (χ0v) is 14.1. The van der Waals surface area contributed by atoms with E-state index >= 15 is 0 Å². The van der Waals surface area contributed by atoms with Crippen molar-refractivity contribution in [3.63, 3.8) is 0 Å². The van der Waals surface area contributed by atoms with Gasteiger partial charge >= 0.3 is 10.3 Å². The van der Waals surface area contributed by atoms with Crippen molar-refractivity contribution in [2.45, 2.75) is 24.7 Å². The standard InChI is InChI=1S/C11H14ClN5O6S/c1-16(24(19,20)21)10-6(18)7(22-2)11(23-10)17-4-15-5-8(12)13-3-14-9(5)17/h3-4,6-7,10-11,18H,1-2H3,(H,19,20,21)/t6-,7+,10-,11-/m1/s1. The Kier molecular flexibility index (Phi) is 4.46. The Morgan fingerprint density at radius 3 is 2.75 bits per heavy atom. The lowest BCUT2D eigenvalue weighted by Gasteiger charge is -2.22. The highest BCUT2D eigenvalue weighted by Gasteiger charge is 2.49. The van der Waals surface area contributed by atoms with Gasteiger partial charge in [0.25, 0.3) is 0 Å². The van der Waals surface area contributed by atoms with Crippen LogP contribution < -0.4 is 0 Å². The lowest BCUT2D eigenvalue weighted by Crippen LogP contribution is -2.45. The van der Waals surface area contributed by atoms with Gasteiger partial charge in [0, 0.05) is 14.2 Å². The third-order valence-corrected chi connectivity index (χ3v) is 4.98. The number of methoxy groups -OCH3 is 1. The Morgan fingerprint density at radius 1 is 1.42 bits per heavy atom. The van der Waals surface area contributed by atoms with Crippen LogP contribution in [0.2, 0.25) is 5.15 Å². The Hall–Kier alpha value is -1.41. The van der Waals surface area contributed by atoms with Crippen LogP contribution in [0.3, 0.4) is 0 Å². The first-order chi connectivity index (χ1) is 11.3. The highest BCUT2D eigenvalue weighted by atomic mass is 35.5. The number of imidazole rings is 1. The van der Waals surface area contributed by atoms with Crippen molar-refractivity contribution in [1.29, 1.82) is 0 Å². The van der Waals surface area contributed by atoms with E-state index in [4.69, 9.17) is 25.6 Å². The van der Waals surface area contributed by atoms with Gasteiger partial charge in [0.1, 0.15) is 24.1 Å². The highest BCUT2D eigenvalue weighted by Crippen LogP contribution is 2.35. The number of hydrogen-bond donors (Lipinski definition) is 2. The minimum absolute atomic E-state index is 0.137. The number of aliphatic hydroxyl groups excluding tert-OH is 1. The SMILES string of the molecule is CO[C@H]1[C@@H](O)[C@H](N(C)S(=O)(=O)O)O[C@H]1n1cnc2c(Cl)ncnc21. The fourth-order valence-electron chi connectivity index (χ4n) is 2.55. The van der Waals surface area contributed by atoms with Crippen molar-refractivity contribution in [2.75, 3.05) is 14.2 Å². The monoisotopic (exact) mass is 379 g/mol. The molecule has 0 bridgehead atoms. The molecule has 0 spiro atoms. The summed E-state index contributed by atoms with van der Waals surface area (Å²) in [6.07, 6.45) is -2.01. The van der Waals surface area contributed by atoms with Gasteiger partial charge in [-0.3, -0.25) is 9.12 Å². The molecule has 0 aliphatic carbocycles. The number of nitrogens with zero attached hydrogens (tertiary/aromatic N) is 5. The van der Waals surface area contributed by atoms with Gasteiger partial charge in [0.15, 0.2) is 23.3 Å². The van der Waals surface area contributed by atoms with Crippen LogP contribution in [0.1, 0.15) is 6.23 Å². The van der Waals surface area contributed by atoms with E-state index in [1.807, 2.05) is 0 Å². The summed E-state index contributed by atoms with van der Waals surface area (Å²) in [6, 6.07) is 0. The molecule has 1 aliphatic heterocycles. The number of aromatic nitrogens is 4. The molecule has 11 nitrogen and oxygen atoms in total. The van der Waals surface area contributed by atoms with Crippen LogP contribution in [0.15, 0.2) is 12.7 Å².